The molecular weight excluding hydrogens is 385 g/mol. The summed E-state index contributed by atoms with van der Waals surface area (Å²) >= 11 is 0. The lowest BCUT2D eigenvalue weighted by atomic mass is 10.1. The molecule has 0 unspecified atom stereocenters. The highest BCUT2D eigenvalue weighted by molar-refractivity contribution is 5.94. The maximum Gasteiger partial charge on any atom is 0.573 e. The Morgan fingerprint density at radius 3 is 2.55 bits per heavy atom. The molecule has 0 spiro atoms. The van der Waals surface area contributed by atoms with Gasteiger partial charge in [0.05, 0.1) is 6.54 Å². The van der Waals surface area contributed by atoms with E-state index < -0.39 is 6.36 Å². The van der Waals surface area contributed by atoms with E-state index in [1.165, 1.54) is 12.1 Å². The minimum atomic E-state index is -4.76. The van der Waals surface area contributed by atoms with Gasteiger partial charge in [0.2, 0.25) is 0 Å². The van der Waals surface area contributed by atoms with Gasteiger partial charge in [-0.25, -0.2) is 4.99 Å². The second-order valence-electron chi connectivity index (χ2n) is 5.98. The number of hydrogen-bond donors (Lipinski definition) is 3. The lowest BCUT2D eigenvalue weighted by Gasteiger charge is -2.15. The Hall–Kier alpha value is -3.23. The first-order valence-corrected chi connectivity index (χ1v) is 8.99. The van der Waals surface area contributed by atoms with E-state index in [1.807, 2.05) is 13.0 Å². The van der Waals surface area contributed by atoms with E-state index in [0.29, 0.717) is 30.2 Å². The predicted molar refractivity (Wildman–Crippen MR) is 105 cm³/mol. The van der Waals surface area contributed by atoms with Crippen LogP contribution in [0.5, 0.6) is 5.75 Å². The standard InChI is InChI=1S/C20H23F3N4O2/c1-3-25-19(26-12-14-7-6-9-15(11-14)18(28)24-2)27-13-16-8-4-5-10-17(16)29-20(21,22)23/h4-11H,3,12-13H2,1-2H3,(H,24,28)(H2,25,26,27). The van der Waals surface area contributed by atoms with E-state index in [-0.39, 0.29) is 18.2 Å². The van der Waals surface area contributed by atoms with Crippen molar-refractivity contribution in [3.63, 3.8) is 0 Å². The van der Waals surface area contributed by atoms with Crippen LogP contribution < -0.4 is 20.7 Å². The largest absolute Gasteiger partial charge is 0.573 e. The molecule has 0 radical (unpaired) electrons. The summed E-state index contributed by atoms with van der Waals surface area (Å²) in [6, 6.07) is 13.0. The number of aliphatic imine (C=N–C) groups is 1. The van der Waals surface area contributed by atoms with E-state index in [1.54, 1.807) is 37.4 Å². The molecule has 0 fully saturated rings. The van der Waals surface area contributed by atoms with E-state index >= 15 is 0 Å². The number of nitrogens with zero attached hydrogens (tertiary/aromatic N) is 1. The van der Waals surface area contributed by atoms with Crippen molar-refractivity contribution in [1.82, 2.24) is 16.0 Å². The molecular formula is C20H23F3N4O2. The number of ether oxygens (including phenoxy) is 1. The molecule has 3 N–H and O–H groups in total. The number of guanidine groups is 1. The molecule has 0 atom stereocenters. The second-order valence-corrected chi connectivity index (χ2v) is 5.98. The van der Waals surface area contributed by atoms with Gasteiger partial charge in [0.1, 0.15) is 5.75 Å². The van der Waals surface area contributed by atoms with Crippen LogP contribution in [0.3, 0.4) is 0 Å². The van der Waals surface area contributed by atoms with E-state index in [2.05, 4.69) is 25.7 Å². The van der Waals surface area contributed by atoms with E-state index in [9.17, 15) is 18.0 Å². The molecule has 0 bridgehead atoms. The van der Waals surface area contributed by atoms with Crippen LogP contribution in [-0.2, 0) is 13.1 Å². The number of para-hydroxylation sites is 1. The fraction of sp³-hybridized carbons (Fsp3) is 0.300. The van der Waals surface area contributed by atoms with E-state index in [4.69, 9.17) is 0 Å². The Labute approximate surface area is 167 Å². The van der Waals surface area contributed by atoms with Gasteiger partial charge in [-0.1, -0.05) is 30.3 Å². The predicted octanol–water partition coefficient (Wildman–Crippen LogP) is 3.20. The van der Waals surface area contributed by atoms with Crippen molar-refractivity contribution < 1.29 is 22.7 Å². The molecule has 29 heavy (non-hydrogen) atoms. The van der Waals surface area contributed by atoms with Crippen LogP contribution in [-0.4, -0.2) is 31.8 Å². The number of rotatable bonds is 7. The number of carbonyl (C=O) groups excluding carboxylic acids is 1. The number of nitrogens with one attached hydrogen (secondary N) is 3. The summed E-state index contributed by atoms with van der Waals surface area (Å²) < 4.78 is 41.7. The smallest absolute Gasteiger partial charge is 0.405 e. The minimum Gasteiger partial charge on any atom is -0.405 e. The summed E-state index contributed by atoms with van der Waals surface area (Å²) in [6.07, 6.45) is -4.76. The highest BCUT2D eigenvalue weighted by atomic mass is 19.4. The average molecular weight is 408 g/mol. The molecule has 0 saturated heterocycles. The zero-order valence-corrected chi connectivity index (χ0v) is 16.1. The van der Waals surface area contributed by atoms with Gasteiger partial charge >= 0.3 is 6.36 Å². The molecule has 0 saturated carbocycles. The van der Waals surface area contributed by atoms with Gasteiger partial charge in [-0.3, -0.25) is 4.79 Å². The summed E-state index contributed by atoms with van der Waals surface area (Å²) in [5.74, 6) is -0.0246. The van der Waals surface area contributed by atoms with E-state index in [0.717, 1.165) is 5.56 Å². The highest BCUT2D eigenvalue weighted by Crippen LogP contribution is 2.26. The number of carbonyl (C=O) groups is 1. The third-order valence-corrected chi connectivity index (χ3v) is 3.82. The third-order valence-electron chi connectivity index (χ3n) is 3.82. The molecule has 6 nitrogen and oxygen atoms in total. The first-order valence-electron chi connectivity index (χ1n) is 8.99. The van der Waals surface area contributed by atoms with Crippen LogP contribution in [0.1, 0.15) is 28.4 Å². The lowest BCUT2D eigenvalue weighted by Crippen LogP contribution is -2.37. The van der Waals surface area contributed by atoms with Crippen molar-refractivity contribution >= 4 is 11.9 Å². The first-order chi connectivity index (χ1) is 13.8. The molecule has 2 aromatic carbocycles. The van der Waals surface area contributed by atoms with Crippen LogP contribution in [0.2, 0.25) is 0 Å². The Bertz CT molecular complexity index is 854. The number of halogens is 3. The summed E-state index contributed by atoms with van der Waals surface area (Å²) in [7, 11) is 1.56. The maximum atomic E-state index is 12.6. The molecule has 2 aromatic rings. The topological polar surface area (TPSA) is 74.8 Å². The van der Waals surface area contributed by atoms with Crippen molar-refractivity contribution in [2.45, 2.75) is 26.4 Å². The van der Waals surface area contributed by atoms with Gasteiger partial charge in [0.15, 0.2) is 5.96 Å². The van der Waals surface area contributed by atoms with Crippen molar-refractivity contribution in [2.75, 3.05) is 13.6 Å². The fourth-order valence-corrected chi connectivity index (χ4v) is 2.52. The fourth-order valence-electron chi connectivity index (χ4n) is 2.52. The maximum absolute atomic E-state index is 12.6. The van der Waals surface area contributed by atoms with Crippen molar-refractivity contribution in [3.8, 4) is 5.75 Å². The van der Waals surface area contributed by atoms with Crippen LogP contribution in [0, 0.1) is 0 Å². The Balaban J connectivity index is 2.08. The minimum absolute atomic E-state index is 0.0936. The van der Waals surface area contributed by atoms with Crippen molar-refractivity contribution in [1.29, 1.82) is 0 Å². The van der Waals surface area contributed by atoms with Gasteiger partial charge in [0, 0.05) is 31.3 Å². The molecule has 0 aromatic heterocycles. The average Bonchev–Trinajstić information content (AvgIpc) is 2.69. The van der Waals surface area contributed by atoms with Gasteiger partial charge < -0.3 is 20.7 Å². The molecule has 0 aliphatic rings. The van der Waals surface area contributed by atoms with Crippen molar-refractivity contribution in [2.24, 2.45) is 4.99 Å². The van der Waals surface area contributed by atoms with Crippen LogP contribution in [0.25, 0.3) is 0 Å². The molecule has 0 aliphatic carbocycles. The Morgan fingerprint density at radius 2 is 1.86 bits per heavy atom. The SMILES string of the molecule is CCNC(=NCc1cccc(C(=O)NC)c1)NCc1ccccc1OC(F)(F)F. The number of hydrogen-bond acceptors (Lipinski definition) is 3. The van der Waals surface area contributed by atoms with Gasteiger partial charge in [-0.05, 0) is 30.7 Å². The number of amides is 1. The Morgan fingerprint density at radius 1 is 1.10 bits per heavy atom. The van der Waals surface area contributed by atoms with Crippen LogP contribution in [0.15, 0.2) is 53.5 Å². The van der Waals surface area contributed by atoms with Gasteiger partial charge in [-0.2, -0.15) is 0 Å². The highest BCUT2D eigenvalue weighted by Gasteiger charge is 2.31. The Kier molecular flexibility index (Phi) is 7.88. The number of alkyl halides is 3. The van der Waals surface area contributed by atoms with Crippen LogP contribution >= 0.6 is 0 Å². The molecule has 0 aliphatic heterocycles. The molecule has 0 heterocycles. The van der Waals surface area contributed by atoms with Gasteiger partial charge in [0.25, 0.3) is 5.91 Å². The lowest BCUT2D eigenvalue weighted by molar-refractivity contribution is -0.274. The summed E-state index contributed by atoms with van der Waals surface area (Å²) in [6.45, 7) is 2.84. The third kappa shape index (κ3) is 7.36. The normalized spacial score (nSPS) is 11.7. The summed E-state index contributed by atoms with van der Waals surface area (Å²) in [5, 5.41) is 8.59. The first kappa shape index (κ1) is 22.1. The summed E-state index contributed by atoms with van der Waals surface area (Å²) in [4.78, 5) is 16.2. The number of benzene rings is 2. The summed E-state index contributed by atoms with van der Waals surface area (Å²) in [5.41, 5.74) is 1.69. The van der Waals surface area contributed by atoms with Crippen LogP contribution in [0.4, 0.5) is 13.2 Å². The molecule has 2 rings (SSSR count). The molecule has 9 heteroatoms. The zero-order chi connectivity index (χ0) is 21.3. The molecule has 156 valence electrons. The molecule has 1 amide bonds. The van der Waals surface area contributed by atoms with Gasteiger partial charge in [-0.15, -0.1) is 13.2 Å². The zero-order valence-electron chi connectivity index (χ0n) is 16.1. The quantitative estimate of drug-likeness (QED) is 0.486. The second kappa shape index (κ2) is 10.4. The monoisotopic (exact) mass is 408 g/mol. The van der Waals surface area contributed by atoms with Crippen molar-refractivity contribution in [3.05, 3.63) is 65.2 Å².